The molecule has 0 amide bonds. The first-order valence-corrected chi connectivity index (χ1v) is 22.2. The minimum Gasteiger partial charge on any atom is -0.354 e. The average Bonchev–Trinajstić information content (AvgIpc) is 4.02. The monoisotopic (exact) mass is 779 g/mol. The van der Waals surface area contributed by atoms with Gasteiger partial charge >= 0.3 is 0 Å². The molecule has 60 heavy (non-hydrogen) atoms. The van der Waals surface area contributed by atoms with Crippen LogP contribution < -0.4 is 16.2 Å². The van der Waals surface area contributed by atoms with Crippen molar-refractivity contribution in [3.05, 3.63) is 203 Å². The first kappa shape index (κ1) is 33.2. The molecule has 0 bridgehead atoms. The maximum Gasteiger partial charge on any atom is 0.193 e. The number of benzene rings is 9. The minimum absolute atomic E-state index is 0.156. The Hall–Kier alpha value is -6.68. The SMILES string of the molecule is CC1(C)c2ccccc2-c2cc3c(c(-c4c(Nc5cccc6c5-c5ccccc5C6)ccc5sc6ccccc6c45)c21)Bc1cccc2c1C3c1ccc3ccccc3c1-2. The number of hydrogen-bond donors (Lipinski definition) is 1. The fourth-order valence-electron chi connectivity index (χ4n) is 12.2. The van der Waals surface area contributed by atoms with E-state index in [-0.39, 0.29) is 11.3 Å². The Balaban J connectivity index is 1.13. The van der Waals surface area contributed by atoms with Crippen LogP contribution in [0.15, 0.2) is 164 Å². The summed E-state index contributed by atoms with van der Waals surface area (Å²) in [6.45, 7) is 4.94. The summed E-state index contributed by atoms with van der Waals surface area (Å²) >= 11 is 1.92. The quantitative estimate of drug-likeness (QED) is 0.176. The molecule has 4 aliphatic rings. The second kappa shape index (κ2) is 11.7. The summed E-state index contributed by atoms with van der Waals surface area (Å²) in [5.41, 5.74) is 26.1. The van der Waals surface area contributed by atoms with Crippen LogP contribution in [0.5, 0.6) is 0 Å². The molecule has 0 fully saturated rings. The average molecular weight is 780 g/mol. The van der Waals surface area contributed by atoms with Crippen LogP contribution in [-0.4, -0.2) is 7.28 Å². The Morgan fingerprint density at radius 2 is 1.30 bits per heavy atom. The van der Waals surface area contributed by atoms with E-state index in [1.807, 2.05) is 11.3 Å². The summed E-state index contributed by atoms with van der Waals surface area (Å²) in [6, 6.07) is 62.4. The third-order valence-electron chi connectivity index (χ3n) is 14.6. The molecular weight excluding hydrogens is 742 g/mol. The molecule has 280 valence electrons. The van der Waals surface area contributed by atoms with E-state index in [9.17, 15) is 0 Å². The van der Waals surface area contributed by atoms with Gasteiger partial charge in [-0.2, -0.15) is 0 Å². The molecule has 3 heteroatoms. The fraction of sp³-hybridized carbons (Fsp3) is 0.0877. The third kappa shape index (κ3) is 4.23. The second-order valence-corrected chi connectivity index (χ2v) is 19.0. The Bertz CT molecular complexity index is 3570. The number of fused-ring (bicyclic) bond motifs is 16. The van der Waals surface area contributed by atoms with Gasteiger partial charge in [0.15, 0.2) is 7.28 Å². The molecule has 1 aromatic heterocycles. The molecule has 0 saturated carbocycles. The molecule has 2 heterocycles. The second-order valence-electron chi connectivity index (χ2n) is 17.9. The van der Waals surface area contributed by atoms with Gasteiger partial charge in [0.2, 0.25) is 0 Å². The van der Waals surface area contributed by atoms with Crippen LogP contribution in [0.3, 0.4) is 0 Å². The van der Waals surface area contributed by atoms with E-state index in [2.05, 4.69) is 183 Å². The molecule has 9 aromatic carbocycles. The lowest BCUT2D eigenvalue weighted by Crippen LogP contribution is -2.41. The lowest BCUT2D eigenvalue weighted by atomic mass is 9.51. The van der Waals surface area contributed by atoms with E-state index in [1.165, 1.54) is 137 Å². The van der Waals surface area contributed by atoms with E-state index < -0.39 is 0 Å². The molecule has 3 aliphatic carbocycles. The summed E-state index contributed by atoms with van der Waals surface area (Å²) in [5.74, 6) is 0.156. The smallest absolute Gasteiger partial charge is 0.193 e. The van der Waals surface area contributed by atoms with Gasteiger partial charge in [0.25, 0.3) is 0 Å². The Kier molecular flexibility index (Phi) is 6.50. The molecule has 0 saturated heterocycles. The van der Waals surface area contributed by atoms with E-state index in [0.717, 1.165) is 13.7 Å². The van der Waals surface area contributed by atoms with Crippen molar-refractivity contribution in [2.45, 2.75) is 31.6 Å². The van der Waals surface area contributed by atoms with Gasteiger partial charge in [-0.05, 0) is 114 Å². The molecule has 1 unspecified atom stereocenters. The predicted molar refractivity (Wildman–Crippen MR) is 257 cm³/mol. The van der Waals surface area contributed by atoms with Crippen LogP contribution in [0, 0.1) is 0 Å². The maximum absolute atomic E-state index is 4.20. The number of thiophene rings is 1. The van der Waals surface area contributed by atoms with Crippen LogP contribution in [0.4, 0.5) is 11.4 Å². The highest BCUT2D eigenvalue weighted by Gasteiger charge is 2.45. The number of nitrogens with one attached hydrogen (secondary N) is 1. The summed E-state index contributed by atoms with van der Waals surface area (Å²) < 4.78 is 2.66. The molecule has 0 spiro atoms. The zero-order valence-electron chi connectivity index (χ0n) is 33.5. The zero-order chi connectivity index (χ0) is 39.4. The van der Waals surface area contributed by atoms with E-state index in [4.69, 9.17) is 0 Å². The van der Waals surface area contributed by atoms with Crippen molar-refractivity contribution < 1.29 is 0 Å². The highest BCUT2D eigenvalue weighted by molar-refractivity contribution is 7.26. The Morgan fingerprint density at radius 1 is 0.550 bits per heavy atom. The third-order valence-corrected chi connectivity index (χ3v) is 15.7. The van der Waals surface area contributed by atoms with E-state index >= 15 is 0 Å². The first-order valence-electron chi connectivity index (χ1n) is 21.4. The highest BCUT2D eigenvalue weighted by atomic mass is 32.1. The lowest BCUT2D eigenvalue weighted by Gasteiger charge is -2.33. The van der Waals surface area contributed by atoms with Crippen LogP contribution in [0.2, 0.25) is 0 Å². The molecule has 1 aliphatic heterocycles. The molecule has 1 atom stereocenters. The predicted octanol–water partition coefficient (Wildman–Crippen LogP) is 13.4. The van der Waals surface area contributed by atoms with Crippen molar-refractivity contribution in [3.8, 4) is 44.5 Å². The molecule has 0 radical (unpaired) electrons. The normalized spacial score (nSPS) is 15.5. The lowest BCUT2D eigenvalue weighted by molar-refractivity contribution is 0.662. The largest absolute Gasteiger partial charge is 0.354 e. The van der Waals surface area contributed by atoms with Crippen molar-refractivity contribution >= 4 is 71.9 Å². The summed E-state index contributed by atoms with van der Waals surface area (Å²) in [6.07, 6.45) is 0.966. The maximum atomic E-state index is 4.20. The van der Waals surface area contributed by atoms with Crippen LogP contribution in [0.25, 0.3) is 75.5 Å². The fourth-order valence-corrected chi connectivity index (χ4v) is 13.3. The molecular formula is C57H38BNS. The molecule has 10 aromatic rings. The first-order chi connectivity index (χ1) is 29.5. The number of anilines is 2. The summed E-state index contributed by atoms with van der Waals surface area (Å²) in [7, 11) is 0.891. The van der Waals surface area contributed by atoms with Crippen LogP contribution in [-0.2, 0) is 11.8 Å². The number of rotatable bonds is 3. The van der Waals surface area contributed by atoms with Crippen molar-refractivity contribution in [1.82, 2.24) is 0 Å². The molecule has 1 N–H and O–H groups in total. The van der Waals surface area contributed by atoms with Gasteiger partial charge in [0, 0.05) is 54.0 Å². The van der Waals surface area contributed by atoms with Gasteiger partial charge in [-0.25, -0.2) is 0 Å². The van der Waals surface area contributed by atoms with Crippen molar-refractivity contribution in [3.63, 3.8) is 0 Å². The van der Waals surface area contributed by atoms with Gasteiger partial charge in [0.05, 0.1) is 0 Å². The van der Waals surface area contributed by atoms with Gasteiger partial charge in [-0.1, -0.05) is 164 Å². The van der Waals surface area contributed by atoms with Gasteiger partial charge in [-0.3, -0.25) is 0 Å². The van der Waals surface area contributed by atoms with Gasteiger partial charge in [0.1, 0.15) is 0 Å². The van der Waals surface area contributed by atoms with E-state index in [1.54, 1.807) is 0 Å². The van der Waals surface area contributed by atoms with Crippen LogP contribution >= 0.6 is 11.3 Å². The van der Waals surface area contributed by atoms with Gasteiger partial charge < -0.3 is 5.32 Å². The zero-order valence-corrected chi connectivity index (χ0v) is 34.3. The van der Waals surface area contributed by atoms with Gasteiger partial charge in [-0.15, -0.1) is 11.3 Å². The van der Waals surface area contributed by atoms with Crippen molar-refractivity contribution in [2.24, 2.45) is 0 Å². The highest BCUT2D eigenvalue weighted by Crippen LogP contribution is 2.58. The van der Waals surface area contributed by atoms with Crippen molar-refractivity contribution in [1.29, 1.82) is 0 Å². The Labute approximate surface area is 354 Å². The summed E-state index contributed by atoms with van der Waals surface area (Å²) in [4.78, 5) is 0. The molecule has 14 rings (SSSR count). The van der Waals surface area contributed by atoms with Crippen molar-refractivity contribution in [2.75, 3.05) is 5.32 Å². The van der Waals surface area contributed by atoms with E-state index in [0.29, 0.717) is 0 Å². The van der Waals surface area contributed by atoms with Crippen LogP contribution in [0.1, 0.15) is 58.7 Å². The Morgan fingerprint density at radius 3 is 2.23 bits per heavy atom. The topological polar surface area (TPSA) is 12.0 Å². The molecule has 1 nitrogen and oxygen atoms in total. The standard InChI is InChI=1S/C57H38BNS/c1-57(2)42-21-9-7-18-36(42)40-30-41-50-39-26-25-31-13-3-5-16-34(31)49(39)38-20-12-22-43(51(38)50)58-56(41)54(55(40)57)53-45(27-28-47-52(53)37-19-8-10-24-46(37)60-47)59-44-23-11-15-33-29-32-14-4-6-17-35(32)48(33)44/h3-28,30,50,58-59H,29H2,1-2H3. The summed E-state index contributed by atoms with van der Waals surface area (Å²) in [5, 5.41) is 9.54. The minimum atomic E-state index is -0.222. The number of hydrogen-bond acceptors (Lipinski definition) is 2.